The van der Waals surface area contributed by atoms with Gasteiger partial charge in [-0.05, 0) is 49.5 Å². The van der Waals surface area contributed by atoms with Crippen LogP contribution in [0.25, 0.3) is 11.1 Å². The minimum Gasteiger partial charge on any atom is -0.356 e. The molecule has 0 N–H and O–H groups in total. The third kappa shape index (κ3) is 2.43. The van der Waals surface area contributed by atoms with Gasteiger partial charge in [0.1, 0.15) is 0 Å². The highest BCUT2D eigenvalue weighted by molar-refractivity contribution is 8.01. The Morgan fingerprint density at radius 1 is 1.24 bits per heavy atom. The first-order valence-corrected chi connectivity index (χ1v) is 8.61. The first-order valence-electron chi connectivity index (χ1n) is 7.29. The Bertz CT molecular complexity index is 704. The van der Waals surface area contributed by atoms with Gasteiger partial charge in [0.25, 0.3) is 0 Å². The SMILES string of the molecule is Cc1cc(C2=C(c3ccc(Cl)cc3)CC3CCC2S3)on1. The maximum Gasteiger partial charge on any atom is 0.164 e. The molecule has 1 aromatic carbocycles. The van der Waals surface area contributed by atoms with Crippen LogP contribution < -0.4 is 0 Å². The Kier molecular flexibility index (Phi) is 3.35. The summed E-state index contributed by atoms with van der Waals surface area (Å²) in [6.45, 7) is 1.98. The van der Waals surface area contributed by atoms with Gasteiger partial charge in [0.05, 0.1) is 5.69 Å². The predicted molar refractivity (Wildman–Crippen MR) is 88.5 cm³/mol. The maximum atomic E-state index is 6.03. The van der Waals surface area contributed by atoms with Crippen LogP contribution in [0.15, 0.2) is 34.9 Å². The van der Waals surface area contributed by atoms with E-state index < -0.39 is 0 Å². The Balaban J connectivity index is 1.87. The van der Waals surface area contributed by atoms with E-state index in [1.54, 1.807) is 0 Å². The van der Waals surface area contributed by atoms with E-state index in [2.05, 4.69) is 35.1 Å². The average Bonchev–Trinajstić information content (AvgIpc) is 3.07. The van der Waals surface area contributed by atoms with Crippen molar-refractivity contribution < 1.29 is 4.52 Å². The molecule has 0 radical (unpaired) electrons. The zero-order valence-electron chi connectivity index (χ0n) is 11.8. The van der Waals surface area contributed by atoms with E-state index in [1.165, 1.54) is 29.6 Å². The number of hydrogen-bond acceptors (Lipinski definition) is 3. The summed E-state index contributed by atoms with van der Waals surface area (Å²) in [7, 11) is 0. The lowest BCUT2D eigenvalue weighted by Crippen LogP contribution is -2.11. The topological polar surface area (TPSA) is 26.0 Å². The van der Waals surface area contributed by atoms with Crippen LogP contribution in [0, 0.1) is 6.92 Å². The van der Waals surface area contributed by atoms with Crippen LogP contribution in [0.4, 0.5) is 0 Å². The molecule has 1 aromatic heterocycles. The maximum absolute atomic E-state index is 6.03. The summed E-state index contributed by atoms with van der Waals surface area (Å²) in [5, 5.41) is 6.15. The van der Waals surface area contributed by atoms with Gasteiger partial charge >= 0.3 is 0 Å². The number of hydrogen-bond donors (Lipinski definition) is 0. The quantitative estimate of drug-likeness (QED) is 0.760. The van der Waals surface area contributed by atoms with E-state index in [-0.39, 0.29) is 0 Å². The van der Waals surface area contributed by atoms with E-state index in [0.717, 1.165) is 28.1 Å². The van der Waals surface area contributed by atoms with Crippen molar-refractivity contribution >= 4 is 34.5 Å². The lowest BCUT2D eigenvalue weighted by molar-refractivity contribution is 0.404. The zero-order valence-corrected chi connectivity index (χ0v) is 13.4. The van der Waals surface area contributed by atoms with Crippen molar-refractivity contribution in [3.8, 4) is 0 Å². The van der Waals surface area contributed by atoms with Gasteiger partial charge in [0, 0.05) is 27.2 Å². The Labute approximate surface area is 133 Å². The van der Waals surface area contributed by atoms with Crippen LogP contribution in [0.2, 0.25) is 5.02 Å². The largest absolute Gasteiger partial charge is 0.356 e. The molecule has 1 fully saturated rings. The normalized spacial score (nSPS) is 24.7. The summed E-state index contributed by atoms with van der Waals surface area (Å²) in [4.78, 5) is 0. The van der Waals surface area contributed by atoms with Crippen molar-refractivity contribution in [1.82, 2.24) is 5.16 Å². The fourth-order valence-electron chi connectivity index (χ4n) is 3.32. The second kappa shape index (κ2) is 5.22. The fraction of sp³-hybridized carbons (Fsp3) is 0.353. The van der Waals surface area contributed by atoms with E-state index in [9.17, 15) is 0 Å². The van der Waals surface area contributed by atoms with Gasteiger partial charge in [-0.25, -0.2) is 0 Å². The number of fused-ring (bicyclic) bond motifs is 2. The Morgan fingerprint density at radius 2 is 2.05 bits per heavy atom. The lowest BCUT2D eigenvalue weighted by Gasteiger charge is -2.25. The second-order valence-corrected chi connectivity index (χ2v) is 7.70. The second-order valence-electron chi connectivity index (χ2n) is 5.76. The van der Waals surface area contributed by atoms with Crippen LogP contribution in [0.1, 0.15) is 36.3 Å². The van der Waals surface area contributed by atoms with Gasteiger partial charge in [-0.3, -0.25) is 0 Å². The smallest absolute Gasteiger partial charge is 0.164 e. The molecule has 1 saturated heterocycles. The summed E-state index contributed by atoms with van der Waals surface area (Å²) in [6.07, 6.45) is 3.64. The fourth-order valence-corrected chi connectivity index (χ4v) is 5.11. The van der Waals surface area contributed by atoms with Gasteiger partial charge in [-0.15, -0.1) is 11.8 Å². The molecular weight excluding hydrogens is 302 g/mol. The highest BCUT2D eigenvalue weighted by Crippen LogP contribution is 2.52. The molecule has 0 aliphatic carbocycles. The molecule has 0 amide bonds. The molecule has 2 unspecified atom stereocenters. The summed E-state index contributed by atoms with van der Waals surface area (Å²) in [5.74, 6) is 0.940. The Morgan fingerprint density at radius 3 is 2.76 bits per heavy atom. The summed E-state index contributed by atoms with van der Waals surface area (Å²) in [6, 6.07) is 10.2. The van der Waals surface area contributed by atoms with Gasteiger partial charge in [0.2, 0.25) is 0 Å². The van der Waals surface area contributed by atoms with E-state index >= 15 is 0 Å². The molecular formula is C17H16ClNOS. The first kappa shape index (κ1) is 13.5. The number of nitrogens with zero attached hydrogens (tertiary/aromatic N) is 1. The third-order valence-electron chi connectivity index (χ3n) is 4.27. The molecule has 2 bridgehead atoms. The molecule has 3 heterocycles. The number of thioether (sulfide) groups is 1. The zero-order chi connectivity index (χ0) is 14.4. The molecule has 0 saturated carbocycles. The van der Waals surface area contributed by atoms with E-state index in [0.29, 0.717) is 5.25 Å². The Hall–Kier alpha value is -1.19. The molecule has 0 spiro atoms. The van der Waals surface area contributed by atoms with Gasteiger partial charge in [-0.1, -0.05) is 28.9 Å². The number of rotatable bonds is 2. The number of aromatic nitrogens is 1. The number of allylic oxidation sites excluding steroid dienone is 1. The number of aryl methyl sites for hydroxylation is 1. The van der Waals surface area contributed by atoms with Crippen LogP contribution in [-0.4, -0.2) is 15.7 Å². The summed E-state index contributed by atoms with van der Waals surface area (Å²) >= 11 is 8.12. The molecule has 21 heavy (non-hydrogen) atoms. The first-order chi connectivity index (χ1) is 10.2. The van der Waals surface area contributed by atoms with Crippen LogP contribution >= 0.6 is 23.4 Å². The monoisotopic (exact) mass is 317 g/mol. The molecule has 2 nitrogen and oxygen atoms in total. The third-order valence-corrected chi connectivity index (χ3v) is 6.11. The van der Waals surface area contributed by atoms with Crippen LogP contribution in [-0.2, 0) is 0 Å². The molecule has 2 aliphatic heterocycles. The van der Waals surface area contributed by atoms with Crippen molar-refractivity contribution in [2.45, 2.75) is 36.7 Å². The van der Waals surface area contributed by atoms with Gasteiger partial charge in [-0.2, -0.15) is 0 Å². The van der Waals surface area contributed by atoms with Crippen LogP contribution in [0.5, 0.6) is 0 Å². The molecule has 4 rings (SSSR count). The highest BCUT2D eigenvalue weighted by atomic mass is 35.5. The molecule has 2 atom stereocenters. The minimum atomic E-state index is 0.543. The standard InChI is InChI=1S/C17H16ClNOS/c1-10-8-15(20-19-10)17-14(9-13-6-7-16(17)21-13)11-2-4-12(18)5-3-11/h2-5,8,13,16H,6-7,9H2,1H3. The van der Waals surface area contributed by atoms with Crippen LogP contribution in [0.3, 0.4) is 0 Å². The predicted octanol–water partition coefficient (Wildman–Crippen LogP) is 5.22. The van der Waals surface area contributed by atoms with E-state index in [1.807, 2.05) is 19.1 Å². The van der Waals surface area contributed by atoms with Gasteiger partial charge in [0.15, 0.2) is 5.76 Å². The number of halogens is 1. The van der Waals surface area contributed by atoms with Crippen molar-refractivity contribution in [1.29, 1.82) is 0 Å². The van der Waals surface area contributed by atoms with Crippen molar-refractivity contribution in [2.75, 3.05) is 0 Å². The number of benzene rings is 1. The summed E-state index contributed by atoms with van der Waals surface area (Å²) < 4.78 is 5.58. The molecule has 2 aromatic rings. The molecule has 2 aliphatic rings. The van der Waals surface area contributed by atoms with Crippen molar-refractivity contribution in [3.05, 3.63) is 52.4 Å². The molecule has 4 heteroatoms. The highest BCUT2D eigenvalue weighted by Gasteiger charge is 2.37. The minimum absolute atomic E-state index is 0.543. The van der Waals surface area contributed by atoms with Gasteiger partial charge < -0.3 is 4.52 Å². The van der Waals surface area contributed by atoms with Crippen molar-refractivity contribution in [3.63, 3.8) is 0 Å². The summed E-state index contributed by atoms with van der Waals surface area (Å²) in [5.41, 5.74) is 4.96. The average molecular weight is 318 g/mol. The lowest BCUT2D eigenvalue weighted by atomic mass is 9.93. The van der Waals surface area contributed by atoms with Crippen molar-refractivity contribution in [2.24, 2.45) is 0 Å². The van der Waals surface area contributed by atoms with E-state index in [4.69, 9.17) is 16.1 Å². The molecule has 108 valence electrons.